The van der Waals surface area contributed by atoms with E-state index < -0.39 is 0 Å². The van der Waals surface area contributed by atoms with Gasteiger partial charge in [0.25, 0.3) is 0 Å². The monoisotopic (exact) mass is 179 g/mol. The summed E-state index contributed by atoms with van der Waals surface area (Å²) in [6.45, 7) is 5.54. The second kappa shape index (κ2) is 2.55. The van der Waals surface area contributed by atoms with Crippen LogP contribution < -0.4 is 21.8 Å². The van der Waals surface area contributed by atoms with Crippen LogP contribution in [-0.4, -0.2) is 6.02 Å². The van der Waals surface area contributed by atoms with Gasteiger partial charge in [0, 0.05) is 0 Å². The zero-order chi connectivity index (χ0) is 9.42. The van der Waals surface area contributed by atoms with Gasteiger partial charge in [0.2, 0.25) is 5.88 Å². The summed E-state index contributed by atoms with van der Waals surface area (Å²) in [4.78, 5) is 0. The summed E-state index contributed by atoms with van der Waals surface area (Å²) >= 11 is 0. The van der Waals surface area contributed by atoms with Gasteiger partial charge < -0.3 is 14.9 Å². The molecular formula is C8H9N3O2. The Hall–Kier alpha value is -1.91. The van der Waals surface area contributed by atoms with Gasteiger partial charge in [-0.2, -0.15) is 0 Å². The highest BCUT2D eigenvalue weighted by atomic mass is 16.5. The Kier molecular flexibility index (Phi) is 1.51. The first-order chi connectivity index (χ1) is 6.16. The molecular weight excluding hydrogens is 170 g/mol. The van der Waals surface area contributed by atoms with Gasteiger partial charge in [0.05, 0.1) is 5.22 Å². The zero-order valence-electron chi connectivity index (χ0n) is 7.13. The summed E-state index contributed by atoms with van der Waals surface area (Å²) in [6, 6.07) is 1.90. The van der Waals surface area contributed by atoms with Crippen LogP contribution in [0.3, 0.4) is 0 Å². The van der Waals surface area contributed by atoms with E-state index in [-0.39, 0.29) is 6.02 Å². The van der Waals surface area contributed by atoms with Crippen LogP contribution in [0.2, 0.25) is 0 Å². The first-order valence-electron chi connectivity index (χ1n) is 3.73. The number of amidine groups is 1. The Morgan fingerprint density at radius 3 is 2.85 bits per heavy atom. The topological polar surface area (TPSA) is 72.8 Å². The van der Waals surface area contributed by atoms with Crippen LogP contribution >= 0.6 is 0 Å². The zero-order valence-corrected chi connectivity index (χ0v) is 7.13. The van der Waals surface area contributed by atoms with Crippen molar-refractivity contribution in [1.29, 1.82) is 0 Å². The van der Waals surface area contributed by atoms with Gasteiger partial charge in [-0.1, -0.05) is 6.58 Å². The van der Waals surface area contributed by atoms with E-state index >= 15 is 0 Å². The van der Waals surface area contributed by atoms with Crippen LogP contribution in [-0.2, 0) is 4.74 Å². The summed E-state index contributed by atoms with van der Waals surface area (Å²) in [5.74, 6) is 1.22. The van der Waals surface area contributed by atoms with Gasteiger partial charge in [0.15, 0.2) is 0 Å². The molecule has 0 fully saturated rings. The minimum Gasteiger partial charge on any atom is -0.462 e. The summed E-state index contributed by atoms with van der Waals surface area (Å²) in [5, 5.41) is 4.40. The Bertz CT molecular complexity index is 472. The fraction of sp³-hybridized carbons (Fsp3) is 0.125. The van der Waals surface area contributed by atoms with E-state index in [2.05, 4.69) is 17.1 Å². The molecule has 0 unspecified atom stereocenters. The van der Waals surface area contributed by atoms with Crippen molar-refractivity contribution in [2.45, 2.75) is 6.92 Å². The first kappa shape index (κ1) is 7.72. The molecule has 3 N–H and O–H groups in total. The van der Waals surface area contributed by atoms with Crippen LogP contribution in [0.15, 0.2) is 15.6 Å². The molecule has 0 spiro atoms. The van der Waals surface area contributed by atoms with Gasteiger partial charge in [-0.05, 0) is 13.0 Å². The molecule has 0 atom stereocenters. The van der Waals surface area contributed by atoms with Crippen molar-refractivity contribution in [1.82, 2.24) is 5.43 Å². The molecule has 5 heteroatoms. The fourth-order valence-corrected chi connectivity index (χ4v) is 1.13. The Morgan fingerprint density at radius 2 is 2.38 bits per heavy atom. The summed E-state index contributed by atoms with van der Waals surface area (Å²) in [6.07, 6.45) is 0. The summed E-state index contributed by atoms with van der Waals surface area (Å²) < 4.78 is 10.3. The third-order valence-corrected chi connectivity index (χ3v) is 1.65. The number of nitrogens with one attached hydrogen (secondary N) is 1. The van der Waals surface area contributed by atoms with E-state index in [1.54, 1.807) is 6.07 Å². The molecule has 68 valence electrons. The minimum atomic E-state index is 0.0910. The van der Waals surface area contributed by atoms with Gasteiger partial charge in [0.1, 0.15) is 11.2 Å². The third-order valence-electron chi connectivity index (χ3n) is 1.65. The highest BCUT2D eigenvalue weighted by molar-refractivity contribution is 5.78. The second-order valence-electron chi connectivity index (χ2n) is 2.69. The number of hydrogen-bond donors (Lipinski definition) is 2. The highest BCUT2D eigenvalue weighted by Gasteiger charge is 2.11. The molecule has 1 aliphatic rings. The maximum atomic E-state index is 5.31. The molecule has 5 nitrogen and oxygen atoms in total. The lowest BCUT2D eigenvalue weighted by Gasteiger charge is -1.93. The van der Waals surface area contributed by atoms with Crippen molar-refractivity contribution < 1.29 is 9.15 Å². The lowest BCUT2D eigenvalue weighted by atomic mass is 10.4. The van der Waals surface area contributed by atoms with Crippen LogP contribution in [0.4, 0.5) is 0 Å². The van der Waals surface area contributed by atoms with Crippen LogP contribution in [0.5, 0.6) is 0 Å². The number of furan rings is 1. The Labute approximate surface area is 74.2 Å². The Balaban J connectivity index is 2.57. The Morgan fingerprint density at radius 1 is 1.62 bits per heavy atom. The third kappa shape index (κ3) is 1.24. The van der Waals surface area contributed by atoms with Crippen molar-refractivity contribution in [3.8, 4) is 0 Å². The second-order valence-corrected chi connectivity index (χ2v) is 2.69. The molecule has 0 saturated heterocycles. The molecule has 1 aliphatic heterocycles. The lowest BCUT2D eigenvalue weighted by molar-refractivity contribution is 0.484. The van der Waals surface area contributed by atoms with Crippen molar-refractivity contribution in [2.75, 3.05) is 0 Å². The molecule has 1 aromatic heterocycles. The number of rotatable bonds is 0. The van der Waals surface area contributed by atoms with E-state index in [4.69, 9.17) is 14.9 Å². The summed E-state index contributed by atoms with van der Waals surface area (Å²) in [5.41, 5.74) is 8.48. The lowest BCUT2D eigenvalue weighted by Crippen LogP contribution is -2.25. The molecule has 2 heterocycles. The molecule has 0 bridgehead atoms. The largest absolute Gasteiger partial charge is 0.462 e. The average Bonchev–Trinajstić information content (AvgIpc) is 2.58. The SMILES string of the molecule is C=c1oc(C)cc1=C1NN=C(N)O1. The number of hydrazone groups is 1. The fourth-order valence-electron chi connectivity index (χ4n) is 1.13. The summed E-state index contributed by atoms with van der Waals surface area (Å²) in [7, 11) is 0. The van der Waals surface area contributed by atoms with E-state index in [0.29, 0.717) is 11.3 Å². The standard InChI is InChI=1S/C8H9N3O2/c1-4-3-6(5(2)12-4)7-10-11-8(9)13-7/h3,10H,2H2,1H3,(H2,9,11). The first-order valence-corrected chi connectivity index (χ1v) is 3.73. The van der Waals surface area contributed by atoms with Crippen LogP contribution in [0, 0.1) is 6.92 Å². The quantitative estimate of drug-likeness (QED) is 0.531. The molecule has 2 rings (SSSR count). The van der Waals surface area contributed by atoms with Crippen molar-refractivity contribution >= 4 is 18.5 Å². The molecule has 13 heavy (non-hydrogen) atoms. The number of aryl methyl sites for hydroxylation is 1. The van der Waals surface area contributed by atoms with E-state index in [9.17, 15) is 0 Å². The maximum Gasteiger partial charge on any atom is 0.311 e. The average molecular weight is 179 g/mol. The van der Waals surface area contributed by atoms with E-state index in [1.807, 2.05) is 6.92 Å². The smallest absolute Gasteiger partial charge is 0.311 e. The van der Waals surface area contributed by atoms with Crippen molar-refractivity contribution in [2.24, 2.45) is 10.8 Å². The minimum absolute atomic E-state index is 0.0910. The van der Waals surface area contributed by atoms with Gasteiger partial charge in [-0.3, -0.25) is 0 Å². The molecule has 0 amide bonds. The normalized spacial score (nSPS) is 19.3. The van der Waals surface area contributed by atoms with Gasteiger partial charge >= 0.3 is 6.02 Å². The van der Waals surface area contributed by atoms with E-state index in [0.717, 1.165) is 11.0 Å². The predicted octanol–water partition coefficient (Wildman–Crippen LogP) is -1.09. The predicted molar refractivity (Wildman–Crippen MR) is 47.5 cm³/mol. The number of nitrogens with two attached hydrogens (primary N) is 1. The van der Waals surface area contributed by atoms with Gasteiger partial charge in [-0.25, -0.2) is 5.43 Å². The van der Waals surface area contributed by atoms with Crippen LogP contribution in [0.25, 0.3) is 12.5 Å². The van der Waals surface area contributed by atoms with Crippen molar-refractivity contribution in [3.05, 3.63) is 22.5 Å². The number of nitrogens with zero attached hydrogens (tertiary/aromatic N) is 1. The van der Waals surface area contributed by atoms with E-state index in [1.165, 1.54) is 0 Å². The van der Waals surface area contributed by atoms with Gasteiger partial charge in [-0.15, -0.1) is 5.10 Å². The molecule has 1 aromatic rings. The molecule has 0 saturated carbocycles. The number of ether oxygens (including phenoxy) is 1. The van der Waals surface area contributed by atoms with Crippen LogP contribution in [0.1, 0.15) is 5.76 Å². The molecule has 0 aliphatic carbocycles. The molecule has 0 aromatic carbocycles. The van der Waals surface area contributed by atoms with Crippen molar-refractivity contribution in [3.63, 3.8) is 0 Å². The highest BCUT2D eigenvalue weighted by Crippen LogP contribution is 1.98. The number of hydrogen-bond acceptors (Lipinski definition) is 5. The maximum absolute atomic E-state index is 5.31. The molecule has 0 radical (unpaired) electrons.